The van der Waals surface area contributed by atoms with Crippen molar-refractivity contribution in [1.29, 1.82) is 0 Å². The van der Waals surface area contributed by atoms with Gasteiger partial charge in [0.15, 0.2) is 0 Å². The van der Waals surface area contributed by atoms with Crippen LogP contribution < -0.4 is 5.32 Å². The fraction of sp³-hybridized carbons (Fsp3) is 0.286. The molecule has 2 heterocycles. The van der Waals surface area contributed by atoms with E-state index in [2.05, 4.69) is 15.3 Å². The molecule has 20 heavy (non-hydrogen) atoms. The largest absolute Gasteiger partial charge is 0.472 e. The topological polar surface area (TPSA) is 66.5 Å². The van der Waals surface area contributed by atoms with Crippen LogP contribution in [0.3, 0.4) is 0 Å². The Morgan fingerprint density at radius 2 is 2.40 bits per heavy atom. The minimum atomic E-state index is -0.250. The van der Waals surface area contributed by atoms with E-state index in [1.54, 1.807) is 0 Å². The Balaban J connectivity index is 1.62. The molecule has 0 atom stereocenters. The van der Waals surface area contributed by atoms with Gasteiger partial charge in [0.25, 0.3) is 5.90 Å². The number of hydrogen-bond acceptors (Lipinski definition) is 3. The lowest BCUT2D eigenvalue weighted by Gasteiger charge is -2.04. The fourth-order valence-electron chi connectivity index (χ4n) is 2.22. The number of H-pyrrole nitrogens is 1. The summed E-state index contributed by atoms with van der Waals surface area (Å²) in [6.07, 6.45) is 2.66. The van der Waals surface area contributed by atoms with Crippen LogP contribution in [0, 0.1) is 0 Å². The second-order valence-corrected chi connectivity index (χ2v) is 4.98. The van der Waals surface area contributed by atoms with Crippen LogP contribution in [0.25, 0.3) is 10.9 Å². The number of rotatable bonds is 4. The van der Waals surface area contributed by atoms with E-state index in [1.165, 1.54) is 0 Å². The number of carbonyl (C=O) groups excluding carboxylic acids is 1. The van der Waals surface area contributed by atoms with Crippen LogP contribution in [0.2, 0.25) is 5.02 Å². The minimum absolute atomic E-state index is 0.187. The first-order valence-corrected chi connectivity index (χ1v) is 6.83. The van der Waals surface area contributed by atoms with E-state index in [1.807, 2.05) is 24.4 Å². The monoisotopic (exact) mass is 291 g/mol. The van der Waals surface area contributed by atoms with Crippen molar-refractivity contribution in [3.63, 3.8) is 0 Å². The van der Waals surface area contributed by atoms with Gasteiger partial charge in [0.2, 0.25) is 0 Å². The van der Waals surface area contributed by atoms with Gasteiger partial charge in [-0.2, -0.15) is 0 Å². The molecular formula is C14H14ClN3O2. The zero-order chi connectivity index (χ0) is 13.9. The molecule has 6 heteroatoms. The van der Waals surface area contributed by atoms with E-state index in [4.69, 9.17) is 16.3 Å². The van der Waals surface area contributed by atoms with Crippen LogP contribution in [0.4, 0.5) is 0 Å². The van der Waals surface area contributed by atoms with Gasteiger partial charge < -0.3 is 15.0 Å². The maximum absolute atomic E-state index is 11.7. The molecule has 2 N–H and O–H groups in total. The predicted molar refractivity (Wildman–Crippen MR) is 78.3 cm³/mol. The van der Waals surface area contributed by atoms with E-state index in [0.717, 1.165) is 22.9 Å². The van der Waals surface area contributed by atoms with Gasteiger partial charge in [-0.3, -0.25) is 4.79 Å². The van der Waals surface area contributed by atoms with Crippen molar-refractivity contribution in [2.24, 2.45) is 4.99 Å². The Bertz CT molecular complexity index is 678. The molecule has 0 unspecified atom stereocenters. The Hall–Kier alpha value is -2.01. The lowest BCUT2D eigenvalue weighted by Crippen LogP contribution is -2.32. The highest BCUT2D eigenvalue weighted by Crippen LogP contribution is 2.22. The Labute approximate surface area is 121 Å². The summed E-state index contributed by atoms with van der Waals surface area (Å²) in [5, 5.41) is 4.59. The second kappa shape index (κ2) is 5.54. The standard InChI is InChI=1S/C14H14ClN3O2/c15-10-1-2-12-11(7-10)9(8-18-12)3-4-16-13(19)14-17-5-6-20-14/h1-2,7-8,18H,3-6H2,(H,16,19). The summed E-state index contributed by atoms with van der Waals surface area (Å²) in [5.74, 6) is -0.0626. The first-order chi connectivity index (χ1) is 9.74. The van der Waals surface area contributed by atoms with E-state index >= 15 is 0 Å². The molecule has 3 rings (SSSR count). The lowest BCUT2D eigenvalue weighted by molar-refractivity contribution is -0.116. The third-order valence-electron chi connectivity index (χ3n) is 3.19. The molecule has 1 aliphatic heterocycles. The van der Waals surface area contributed by atoms with Gasteiger partial charge in [0, 0.05) is 28.7 Å². The molecule has 0 saturated carbocycles. The quantitative estimate of drug-likeness (QED) is 0.903. The van der Waals surface area contributed by atoms with E-state index in [0.29, 0.717) is 24.7 Å². The van der Waals surface area contributed by atoms with Crippen molar-refractivity contribution in [3.05, 3.63) is 35.0 Å². The molecule has 1 amide bonds. The van der Waals surface area contributed by atoms with E-state index in [9.17, 15) is 4.79 Å². The van der Waals surface area contributed by atoms with Gasteiger partial charge >= 0.3 is 5.91 Å². The number of aromatic nitrogens is 1. The van der Waals surface area contributed by atoms with Crippen LogP contribution >= 0.6 is 11.6 Å². The van der Waals surface area contributed by atoms with Gasteiger partial charge in [-0.1, -0.05) is 11.6 Å². The second-order valence-electron chi connectivity index (χ2n) is 4.55. The molecule has 1 aromatic carbocycles. The molecular weight excluding hydrogens is 278 g/mol. The summed E-state index contributed by atoms with van der Waals surface area (Å²) in [7, 11) is 0. The number of halogens is 1. The summed E-state index contributed by atoms with van der Waals surface area (Å²) in [6.45, 7) is 1.58. The molecule has 0 saturated heterocycles. The molecule has 5 nitrogen and oxygen atoms in total. The Morgan fingerprint density at radius 3 is 3.20 bits per heavy atom. The van der Waals surface area contributed by atoms with Gasteiger partial charge in [0.05, 0.1) is 6.54 Å². The molecule has 0 fully saturated rings. The summed E-state index contributed by atoms with van der Waals surface area (Å²) in [6, 6.07) is 5.72. The predicted octanol–water partition coefficient (Wildman–Crippen LogP) is 1.91. The number of nitrogens with one attached hydrogen (secondary N) is 2. The zero-order valence-electron chi connectivity index (χ0n) is 10.8. The van der Waals surface area contributed by atoms with Gasteiger partial charge in [-0.25, -0.2) is 4.99 Å². The lowest BCUT2D eigenvalue weighted by atomic mass is 10.1. The number of aliphatic imine (C=N–C) groups is 1. The third-order valence-corrected chi connectivity index (χ3v) is 3.42. The molecule has 104 valence electrons. The van der Waals surface area contributed by atoms with Gasteiger partial charge in [-0.05, 0) is 30.2 Å². The maximum atomic E-state index is 11.7. The van der Waals surface area contributed by atoms with Crippen molar-refractivity contribution in [2.45, 2.75) is 6.42 Å². The highest BCUT2D eigenvalue weighted by Gasteiger charge is 2.16. The highest BCUT2D eigenvalue weighted by atomic mass is 35.5. The molecule has 0 spiro atoms. The van der Waals surface area contributed by atoms with Crippen molar-refractivity contribution in [3.8, 4) is 0 Å². The fourth-order valence-corrected chi connectivity index (χ4v) is 2.39. The molecule has 0 bridgehead atoms. The Kier molecular flexibility index (Phi) is 3.60. The van der Waals surface area contributed by atoms with Crippen LogP contribution in [-0.4, -0.2) is 36.5 Å². The number of nitrogens with zero attached hydrogens (tertiary/aromatic N) is 1. The smallest absolute Gasteiger partial charge is 0.306 e. The molecule has 0 aliphatic carbocycles. The number of fused-ring (bicyclic) bond motifs is 1. The summed E-state index contributed by atoms with van der Waals surface area (Å²) in [4.78, 5) is 18.9. The Morgan fingerprint density at radius 1 is 1.50 bits per heavy atom. The maximum Gasteiger partial charge on any atom is 0.306 e. The number of amides is 1. The van der Waals surface area contributed by atoms with Crippen LogP contribution in [0.5, 0.6) is 0 Å². The van der Waals surface area contributed by atoms with Gasteiger partial charge in [-0.15, -0.1) is 0 Å². The number of aromatic amines is 1. The van der Waals surface area contributed by atoms with E-state index < -0.39 is 0 Å². The average Bonchev–Trinajstić information content (AvgIpc) is 3.08. The summed E-state index contributed by atoms with van der Waals surface area (Å²) < 4.78 is 5.10. The highest BCUT2D eigenvalue weighted by molar-refractivity contribution is 6.35. The zero-order valence-corrected chi connectivity index (χ0v) is 11.5. The molecule has 1 aromatic heterocycles. The third kappa shape index (κ3) is 2.63. The van der Waals surface area contributed by atoms with Crippen LogP contribution in [-0.2, 0) is 16.0 Å². The number of benzene rings is 1. The molecule has 1 aliphatic rings. The number of ether oxygens (including phenoxy) is 1. The molecule has 2 aromatic rings. The summed E-state index contributed by atoms with van der Waals surface area (Å²) >= 11 is 6.00. The van der Waals surface area contributed by atoms with Crippen molar-refractivity contribution in [2.75, 3.05) is 19.7 Å². The van der Waals surface area contributed by atoms with E-state index in [-0.39, 0.29) is 11.8 Å². The van der Waals surface area contributed by atoms with Crippen molar-refractivity contribution in [1.82, 2.24) is 10.3 Å². The SMILES string of the molecule is O=C(NCCc1c[nH]c2ccc(Cl)cc12)C1=NCCO1. The van der Waals surface area contributed by atoms with Crippen molar-refractivity contribution >= 4 is 34.3 Å². The van der Waals surface area contributed by atoms with Gasteiger partial charge in [0.1, 0.15) is 6.61 Å². The van der Waals surface area contributed by atoms with Crippen molar-refractivity contribution < 1.29 is 9.53 Å². The molecule has 0 radical (unpaired) electrons. The first kappa shape index (κ1) is 13.0. The minimum Gasteiger partial charge on any atom is -0.472 e. The number of hydrogen-bond donors (Lipinski definition) is 2. The normalized spacial score (nSPS) is 14.2. The first-order valence-electron chi connectivity index (χ1n) is 6.45. The average molecular weight is 292 g/mol. The summed E-state index contributed by atoms with van der Waals surface area (Å²) in [5.41, 5.74) is 2.16. The number of carbonyl (C=O) groups is 1. The van der Waals surface area contributed by atoms with Crippen LogP contribution in [0.1, 0.15) is 5.56 Å². The van der Waals surface area contributed by atoms with Crippen LogP contribution in [0.15, 0.2) is 29.4 Å².